The highest BCUT2D eigenvalue weighted by atomic mass is 35.5. The molecule has 26 heavy (non-hydrogen) atoms. The van der Waals surface area contributed by atoms with Crippen LogP contribution in [0.15, 0.2) is 11.4 Å². The van der Waals surface area contributed by atoms with Gasteiger partial charge in [0.25, 0.3) is 0 Å². The predicted molar refractivity (Wildman–Crippen MR) is 108 cm³/mol. The van der Waals surface area contributed by atoms with Crippen LogP contribution in [-0.2, 0) is 11.3 Å². The second-order valence-electron chi connectivity index (χ2n) is 6.57. The summed E-state index contributed by atoms with van der Waals surface area (Å²) in [6, 6.07) is 0.259. The second-order valence-corrected chi connectivity index (χ2v) is 8.49. The molecule has 7 nitrogen and oxygen atoms in total. The number of aromatic nitrogens is 4. The third-order valence-electron chi connectivity index (χ3n) is 3.43. The van der Waals surface area contributed by atoms with E-state index in [1.165, 1.54) is 0 Å². The number of amides is 1. The molecular formula is C17H27ClN6OS. The Bertz CT molecular complexity index is 733. The number of hydrogen-bond donors (Lipinski definition) is 2. The second kappa shape index (κ2) is 9.97. The van der Waals surface area contributed by atoms with E-state index in [4.69, 9.17) is 11.6 Å². The molecule has 0 aliphatic carbocycles. The van der Waals surface area contributed by atoms with E-state index in [1.807, 2.05) is 4.68 Å². The summed E-state index contributed by atoms with van der Waals surface area (Å²) in [4.78, 5) is 21.0. The number of nitrogens with zero attached hydrogens (tertiary/aromatic N) is 4. The van der Waals surface area contributed by atoms with Crippen molar-refractivity contribution >= 4 is 46.1 Å². The van der Waals surface area contributed by atoms with Gasteiger partial charge in [-0.25, -0.2) is 14.6 Å². The van der Waals surface area contributed by atoms with Crippen molar-refractivity contribution in [3.05, 3.63) is 6.20 Å². The summed E-state index contributed by atoms with van der Waals surface area (Å²) in [5, 5.41) is 12.7. The van der Waals surface area contributed by atoms with Crippen molar-refractivity contribution in [1.29, 1.82) is 0 Å². The first-order valence-corrected chi connectivity index (χ1v) is 10.3. The normalized spacial score (nSPS) is 11.5. The molecule has 0 aromatic carbocycles. The van der Waals surface area contributed by atoms with Gasteiger partial charge in [-0.3, -0.25) is 4.79 Å². The molecule has 0 aliphatic heterocycles. The SMILES string of the molecule is CC(C)Nc1nc(SC(C)C)nc2c1cnn2CCNC(=O)CCCCl. The molecule has 0 spiro atoms. The lowest BCUT2D eigenvalue weighted by molar-refractivity contribution is -0.121. The number of carbonyl (C=O) groups excluding carboxylic acids is 1. The van der Waals surface area contributed by atoms with Crippen molar-refractivity contribution in [2.75, 3.05) is 17.7 Å². The summed E-state index contributed by atoms with van der Waals surface area (Å²) < 4.78 is 1.81. The minimum atomic E-state index is 0.00922. The summed E-state index contributed by atoms with van der Waals surface area (Å²) in [7, 11) is 0. The lowest BCUT2D eigenvalue weighted by atomic mass is 10.3. The number of nitrogens with one attached hydrogen (secondary N) is 2. The van der Waals surface area contributed by atoms with Gasteiger partial charge in [-0.2, -0.15) is 5.10 Å². The van der Waals surface area contributed by atoms with Crippen LogP contribution < -0.4 is 10.6 Å². The summed E-state index contributed by atoms with van der Waals surface area (Å²) in [5.41, 5.74) is 0.779. The number of halogens is 1. The molecule has 0 atom stereocenters. The summed E-state index contributed by atoms with van der Waals surface area (Å²) in [6.45, 7) is 9.43. The third-order valence-corrected chi connectivity index (χ3v) is 4.56. The van der Waals surface area contributed by atoms with Crippen molar-refractivity contribution in [1.82, 2.24) is 25.1 Å². The highest BCUT2D eigenvalue weighted by molar-refractivity contribution is 7.99. The first kappa shape index (κ1) is 20.8. The topological polar surface area (TPSA) is 84.7 Å². The fraction of sp³-hybridized carbons (Fsp3) is 0.647. The minimum absolute atomic E-state index is 0.00922. The van der Waals surface area contributed by atoms with Crippen LogP contribution in [0.1, 0.15) is 40.5 Å². The zero-order chi connectivity index (χ0) is 19.1. The van der Waals surface area contributed by atoms with E-state index in [1.54, 1.807) is 18.0 Å². The van der Waals surface area contributed by atoms with Crippen LogP contribution in [0.4, 0.5) is 5.82 Å². The van der Waals surface area contributed by atoms with Crippen LogP contribution in [-0.4, -0.2) is 49.4 Å². The molecule has 0 bridgehead atoms. The average Bonchev–Trinajstić information content (AvgIpc) is 2.95. The number of hydrogen-bond acceptors (Lipinski definition) is 6. The van der Waals surface area contributed by atoms with Crippen LogP contribution >= 0.6 is 23.4 Å². The Balaban J connectivity index is 2.18. The van der Waals surface area contributed by atoms with Gasteiger partial charge >= 0.3 is 0 Å². The molecule has 2 rings (SSSR count). The van der Waals surface area contributed by atoms with Crippen LogP contribution in [0, 0.1) is 0 Å². The molecular weight excluding hydrogens is 372 g/mol. The maximum atomic E-state index is 11.7. The minimum Gasteiger partial charge on any atom is -0.367 e. The molecule has 9 heteroatoms. The maximum absolute atomic E-state index is 11.7. The Morgan fingerprint density at radius 2 is 2.08 bits per heavy atom. The van der Waals surface area contributed by atoms with E-state index in [0.29, 0.717) is 37.1 Å². The highest BCUT2D eigenvalue weighted by Crippen LogP contribution is 2.26. The zero-order valence-electron chi connectivity index (χ0n) is 15.8. The van der Waals surface area contributed by atoms with E-state index in [9.17, 15) is 4.79 Å². The monoisotopic (exact) mass is 398 g/mol. The molecule has 0 aliphatic rings. The molecule has 0 unspecified atom stereocenters. The molecule has 144 valence electrons. The number of anilines is 1. The van der Waals surface area contributed by atoms with E-state index >= 15 is 0 Å². The number of thioether (sulfide) groups is 1. The molecule has 2 N–H and O–H groups in total. The summed E-state index contributed by atoms with van der Waals surface area (Å²) >= 11 is 7.23. The van der Waals surface area contributed by atoms with Gasteiger partial charge in [0, 0.05) is 30.1 Å². The Morgan fingerprint density at radius 1 is 1.31 bits per heavy atom. The van der Waals surface area contributed by atoms with E-state index < -0.39 is 0 Å². The number of alkyl halides is 1. The molecule has 0 saturated heterocycles. The number of carbonyl (C=O) groups is 1. The summed E-state index contributed by atoms with van der Waals surface area (Å²) in [6.07, 6.45) is 2.91. The average molecular weight is 399 g/mol. The van der Waals surface area contributed by atoms with Crippen molar-refractivity contribution < 1.29 is 4.79 Å². The van der Waals surface area contributed by atoms with Gasteiger partial charge in [-0.1, -0.05) is 25.6 Å². The molecule has 2 aromatic heterocycles. The number of fused-ring (bicyclic) bond motifs is 1. The third kappa shape index (κ3) is 6.02. The zero-order valence-corrected chi connectivity index (χ0v) is 17.3. The number of rotatable bonds is 10. The van der Waals surface area contributed by atoms with E-state index in [0.717, 1.165) is 22.0 Å². The van der Waals surface area contributed by atoms with Gasteiger partial charge in [-0.05, 0) is 20.3 Å². The smallest absolute Gasteiger partial charge is 0.220 e. The molecule has 1 amide bonds. The first-order chi connectivity index (χ1) is 12.4. The van der Waals surface area contributed by atoms with Crippen molar-refractivity contribution in [2.45, 2.75) is 63.5 Å². The Labute approximate surface area is 163 Å². The molecule has 0 fully saturated rings. The predicted octanol–water partition coefficient (Wildman–Crippen LogP) is 3.28. The van der Waals surface area contributed by atoms with Gasteiger partial charge in [0.2, 0.25) is 5.91 Å². The van der Waals surface area contributed by atoms with Gasteiger partial charge in [-0.15, -0.1) is 11.6 Å². The fourth-order valence-electron chi connectivity index (χ4n) is 2.36. The van der Waals surface area contributed by atoms with Gasteiger partial charge < -0.3 is 10.6 Å². The van der Waals surface area contributed by atoms with Crippen molar-refractivity contribution in [2.24, 2.45) is 0 Å². The lowest BCUT2D eigenvalue weighted by Gasteiger charge is -2.12. The Hall–Kier alpha value is -1.54. The van der Waals surface area contributed by atoms with Gasteiger partial charge in [0.05, 0.1) is 18.1 Å². The quantitative estimate of drug-likeness (QED) is 0.363. The van der Waals surface area contributed by atoms with Crippen LogP contribution in [0.2, 0.25) is 0 Å². The molecule has 0 radical (unpaired) electrons. The van der Waals surface area contributed by atoms with E-state index in [2.05, 4.69) is 53.4 Å². The first-order valence-electron chi connectivity index (χ1n) is 8.90. The summed E-state index contributed by atoms with van der Waals surface area (Å²) in [5.74, 6) is 1.30. The largest absolute Gasteiger partial charge is 0.367 e. The van der Waals surface area contributed by atoms with Crippen LogP contribution in [0.5, 0.6) is 0 Å². The van der Waals surface area contributed by atoms with E-state index in [-0.39, 0.29) is 11.9 Å². The van der Waals surface area contributed by atoms with Crippen LogP contribution in [0.3, 0.4) is 0 Å². The standard InChI is InChI=1S/C17H27ClN6OS/c1-11(2)21-15-13-10-20-24(9-8-19-14(25)6-5-7-18)16(13)23-17(22-15)26-12(3)4/h10-12H,5-9H2,1-4H3,(H,19,25)(H,21,22,23). The van der Waals surface area contributed by atoms with Gasteiger partial charge in [0.1, 0.15) is 5.82 Å². The van der Waals surface area contributed by atoms with Crippen LogP contribution in [0.25, 0.3) is 11.0 Å². The Morgan fingerprint density at radius 3 is 2.73 bits per heavy atom. The van der Waals surface area contributed by atoms with Crippen molar-refractivity contribution in [3.8, 4) is 0 Å². The van der Waals surface area contributed by atoms with Gasteiger partial charge in [0.15, 0.2) is 10.8 Å². The molecule has 2 aromatic rings. The molecule has 0 saturated carbocycles. The fourth-order valence-corrected chi connectivity index (χ4v) is 3.20. The van der Waals surface area contributed by atoms with Crippen molar-refractivity contribution in [3.63, 3.8) is 0 Å². The highest BCUT2D eigenvalue weighted by Gasteiger charge is 2.15. The Kier molecular flexibility index (Phi) is 7.96. The molecule has 2 heterocycles. The lowest BCUT2D eigenvalue weighted by Crippen LogP contribution is -2.27. The maximum Gasteiger partial charge on any atom is 0.220 e.